The number of carboxylic acid groups (broad SMARTS) is 1. The fourth-order valence-corrected chi connectivity index (χ4v) is 4.22. The van der Waals surface area contributed by atoms with Crippen LogP contribution in [0.1, 0.15) is 75.1 Å². The number of amides is 3. The van der Waals surface area contributed by atoms with Crippen LogP contribution in [0.5, 0.6) is 0 Å². The molecular weight excluding hydrogens is 446 g/mol. The second-order valence-electron chi connectivity index (χ2n) is 8.79. The van der Waals surface area contributed by atoms with Gasteiger partial charge < -0.3 is 15.7 Å². The van der Waals surface area contributed by atoms with Gasteiger partial charge in [-0.1, -0.05) is 57.6 Å². The number of fused-ring (bicyclic) bond motifs is 1. The molecule has 1 aliphatic rings. The lowest BCUT2D eigenvalue weighted by atomic mass is 10.0. The van der Waals surface area contributed by atoms with Crippen LogP contribution >= 0.6 is 0 Å². The number of aromatic carboxylic acids is 1. The maximum atomic E-state index is 13.3. The number of unbranched alkanes of at least 4 members (excludes halogenated alkanes) is 6. The molecule has 3 N–H and O–H groups in total. The predicted molar refractivity (Wildman–Crippen MR) is 136 cm³/mol. The van der Waals surface area contributed by atoms with Crippen LogP contribution in [-0.2, 0) is 14.4 Å². The molecule has 8 heteroatoms. The molecule has 8 nitrogen and oxygen atoms in total. The normalized spacial score (nSPS) is 14.7. The summed E-state index contributed by atoms with van der Waals surface area (Å²) in [6, 6.07) is 11.9. The van der Waals surface area contributed by atoms with E-state index in [2.05, 4.69) is 17.6 Å². The van der Waals surface area contributed by atoms with Crippen LogP contribution in [0.25, 0.3) is 0 Å². The fraction of sp³-hybridized carbons (Fsp3) is 0.407. The van der Waals surface area contributed by atoms with Gasteiger partial charge in [-0.25, -0.2) is 4.79 Å². The highest BCUT2D eigenvalue weighted by molar-refractivity contribution is 6.13. The second-order valence-corrected chi connectivity index (χ2v) is 8.79. The second kappa shape index (κ2) is 12.7. The van der Waals surface area contributed by atoms with Crippen LogP contribution in [0.4, 0.5) is 17.1 Å². The average molecular weight is 480 g/mol. The summed E-state index contributed by atoms with van der Waals surface area (Å²) >= 11 is 0. The van der Waals surface area contributed by atoms with E-state index in [0.717, 1.165) is 25.7 Å². The molecule has 0 aliphatic carbocycles. The van der Waals surface area contributed by atoms with Gasteiger partial charge in [0.25, 0.3) is 0 Å². The van der Waals surface area contributed by atoms with Crippen molar-refractivity contribution in [3.8, 4) is 0 Å². The van der Waals surface area contributed by atoms with Gasteiger partial charge in [-0.2, -0.15) is 0 Å². The van der Waals surface area contributed by atoms with Crippen molar-refractivity contribution in [1.82, 2.24) is 0 Å². The quantitative estimate of drug-likeness (QED) is 0.362. The van der Waals surface area contributed by atoms with E-state index in [1.54, 1.807) is 24.3 Å². The average Bonchev–Trinajstić information content (AvgIpc) is 2.84. The van der Waals surface area contributed by atoms with Crippen molar-refractivity contribution in [2.24, 2.45) is 0 Å². The maximum Gasteiger partial charge on any atom is 0.335 e. The molecule has 186 valence electrons. The summed E-state index contributed by atoms with van der Waals surface area (Å²) in [4.78, 5) is 51.4. The van der Waals surface area contributed by atoms with E-state index in [9.17, 15) is 19.2 Å². The zero-order valence-corrected chi connectivity index (χ0v) is 20.1. The summed E-state index contributed by atoms with van der Waals surface area (Å²) in [5.41, 5.74) is 1.65. The van der Waals surface area contributed by atoms with Crippen molar-refractivity contribution in [3.63, 3.8) is 0 Å². The highest BCUT2D eigenvalue weighted by atomic mass is 16.4. The molecule has 3 rings (SSSR count). The number of nitrogens with one attached hydrogen (secondary N) is 2. The monoisotopic (exact) mass is 479 g/mol. The number of hydrogen-bond acceptors (Lipinski definition) is 4. The molecule has 0 spiro atoms. The van der Waals surface area contributed by atoms with E-state index in [-0.39, 0.29) is 17.9 Å². The molecule has 3 amide bonds. The Morgan fingerprint density at radius 1 is 0.943 bits per heavy atom. The van der Waals surface area contributed by atoms with Crippen LogP contribution in [0, 0.1) is 0 Å². The lowest BCUT2D eigenvalue weighted by Crippen LogP contribution is -2.52. The summed E-state index contributed by atoms with van der Waals surface area (Å²) in [6.45, 7) is 2.18. The van der Waals surface area contributed by atoms with Gasteiger partial charge in [0.1, 0.15) is 6.04 Å². The molecular formula is C27H33N3O5. The van der Waals surface area contributed by atoms with Gasteiger partial charge in [-0.05, 0) is 42.8 Å². The van der Waals surface area contributed by atoms with E-state index in [4.69, 9.17) is 5.11 Å². The van der Waals surface area contributed by atoms with Crippen molar-refractivity contribution >= 4 is 40.8 Å². The first-order valence-electron chi connectivity index (χ1n) is 12.3. The molecule has 0 bridgehead atoms. The van der Waals surface area contributed by atoms with Gasteiger partial charge in [0, 0.05) is 12.1 Å². The number of carbonyl (C=O) groups excluding carboxylic acids is 3. The van der Waals surface area contributed by atoms with Crippen molar-refractivity contribution < 1.29 is 24.3 Å². The molecule has 2 aromatic carbocycles. The zero-order chi connectivity index (χ0) is 25.2. The van der Waals surface area contributed by atoms with Gasteiger partial charge in [0.2, 0.25) is 17.7 Å². The molecule has 1 heterocycles. The third-order valence-corrected chi connectivity index (χ3v) is 6.09. The molecule has 0 radical (unpaired) electrons. The first kappa shape index (κ1) is 25.9. The Hall–Kier alpha value is -3.68. The van der Waals surface area contributed by atoms with Gasteiger partial charge >= 0.3 is 5.97 Å². The maximum absolute atomic E-state index is 13.3. The van der Waals surface area contributed by atoms with Crippen LogP contribution < -0.4 is 15.5 Å². The van der Waals surface area contributed by atoms with E-state index in [1.807, 2.05) is 0 Å². The first-order chi connectivity index (χ1) is 16.9. The zero-order valence-electron chi connectivity index (χ0n) is 20.1. The molecule has 0 saturated carbocycles. The van der Waals surface area contributed by atoms with Crippen molar-refractivity contribution in [2.45, 2.75) is 70.8 Å². The standard InChI is InChI=1S/C27H33N3O5/c1-2-3-4-5-6-7-8-13-25(32)30-22-12-10-9-11-21(22)29-26(33)23(30)18-24(31)28-20-16-14-19(15-17-20)27(34)35/h9-12,14-17,23H,2-8,13,18H2,1H3,(H,28,31)(H,29,33)(H,34,35)/t23-/m1/s1. The minimum Gasteiger partial charge on any atom is -0.478 e. The Bertz CT molecular complexity index is 1050. The Kier molecular flexibility index (Phi) is 9.40. The number of carboxylic acids is 1. The lowest BCUT2D eigenvalue weighted by Gasteiger charge is -2.36. The SMILES string of the molecule is CCCCCCCCCC(=O)N1c2ccccc2NC(=O)[C@H]1CC(=O)Nc1ccc(C(=O)O)cc1. The van der Waals surface area contributed by atoms with Gasteiger partial charge in [0.15, 0.2) is 0 Å². The van der Waals surface area contributed by atoms with Gasteiger partial charge in [-0.3, -0.25) is 19.3 Å². The third kappa shape index (κ3) is 7.15. The lowest BCUT2D eigenvalue weighted by molar-refractivity contribution is -0.126. The number of benzene rings is 2. The fourth-order valence-electron chi connectivity index (χ4n) is 4.22. The Morgan fingerprint density at radius 2 is 1.60 bits per heavy atom. The van der Waals surface area contributed by atoms with Crippen molar-refractivity contribution in [3.05, 3.63) is 54.1 Å². The third-order valence-electron chi connectivity index (χ3n) is 6.09. The van der Waals surface area contributed by atoms with Crippen molar-refractivity contribution in [1.29, 1.82) is 0 Å². The summed E-state index contributed by atoms with van der Waals surface area (Å²) in [7, 11) is 0. The van der Waals surface area contributed by atoms with Crippen LogP contribution in [-0.4, -0.2) is 34.8 Å². The molecule has 0 unspecified atom stereocenters. The topological polar surface area (TPSA) is 116 Å². The van der Waals surface area contributed by atoms with Gasteiger partial charge in [0.05, 0.1) is 23.4 Å². The smallest absolute Gasteiger partial charge is 0.335 e. The number of hydrogen-bond donors (Lipinski definition) is 3. The summed E-state index contributed by atoms with van der Waals surface area (Å²) < 4.78 is 0. The van der Waals surface area contributed by atoms with E-state index < -0.39 is 23.8 Å². The highest BCUT2D eigenvalue weighted by Gasteiger charge is 2.37. The minimum atomic E-state index is -1.06. The number of rotatable bonds is 12. The number of anilines is 3. The van der Waals surface area contributed by atoms with E-state index >= 15 is 0 Å². The first-order valence-corrected chi connectivity index (χ1v) is 12.3. The minimum absolute atomic E-state index is 0.105. The molecule has 1 aliphatic heterocycles. The van der Waals surface area contributed by atoms with Crippen LogP contribution in [0.15, 0.2) is 48.5 Å². The number of para-hydroxylation sites is 2. The van der Waals surface area contributed by atoms with Crippen LogP contribution in [0.3, 0.4) is 0 Å². The largest absolute Gasteiger partial charge is 0.478 e. The number of nitrogens with zero attached hydrogens (tertiary/aromatic N) is 1. The Labute approximate surface area is 205 Å². The van der Waals surface area contributed by atoms with E-state index in [0.29, 0.717) is 23.5 Å². The molecule has 1 atom stereocenters. The summed E-state index contributed by atoms with van der Waals surface area (Å²) in [6.07, 6.45) is 7.65. The molecule has 35 heavy (non-hydrogen) atoms. The molecule has 0 saturated heterocycles. The Balaban J connectivity index is 1.67. The van der Waals surface area contributed by atoms with Crippen LogP contribution in [0.2, 0.25) is 0 Å². The number of carbonyl (C=O) groups is 4. The highest BCUT2D eigenvalue weighted by Crippen LogP contribution is 2.33. The summed E-state index contributed by atoms with van der Waals surface area (Å²) in [5.74, 6) is -2.09. The summed E-state index contributed by atoms with van der Waals surface area (Å²) in [5, 5.41) is 14.5. The molecule has 0 fully saturated rings. The Morgan fingerprint density at radius 3 is 2.29 bits per heavy atom. The van der Waals surface area contributed by atoms with Gasteiger partial charge in [-0.15, -0.1) is 0 Å². The molecule has 2 aromatic rings. The van der Waals surface area contributed by atoms with E-state index in [1.165, 1.54) is 48.4 Å². The predicted octanol–water partition coefficient (Wildman–Crippen LogP) is 5.21. The van der Waals surface area contributed by atoms with Crippen molar-refractivity contribution in [2.75, 3.05) is 15.5 Å². The molecule has 0 aromatic heterocycles.